The number of halogens is 1. The van der Waals surface area contributed by atoms with E-state index in [1.807, 2.05) is 0 Å². The Morgan fingerprint density at radius 3 is 2.52 bits per heavy atom. The Morgan fingerprint density at radius 1 is 1.12 bits per heavy atom. The molecule has 2 aliphatic heterocycles. The molecule has 2 aromatic rings. The number of amides is 3. The van der Waals surface area contributed by atoms with Gasteiger partial charge in [-0.2, -0.15) is 0 Å². The van der Waals surface area contributed by atoms with Crippen molar-refractivity contribution in [1.29, 1.82) is 0 Å². The molecule has 0 radical (unpaired) electrons. The van der Waals surface area contributed by atoms with E-state index in [1.54, 1.807) is 29.2 Å². The van der Waals surface area contributed by atoms with E-state index in [0.29, 0.717) is 24.2 Å². The minimum Gasteiger partial charge on any atom is -0.351 e. The molecule has 1 aromatic carbocycles. The number of nitrogens with one attached hydrogen (secondary N) is 2. The predicted molar refractivity (Wildman–Crippen MR) is 127 cm³/mol. The molecule has 10 heteroatoms. The highest BCUT2D eigenvalue weighted by atomic mass is 35.5. The molecule has 3 amide bonds. The van der Waals surface area contributed by atoms with Crippen LogP contribution in [0, 0.1) is 0 Å². The summed E-state index contributed by atoms with van der Waals surface area (Å²) in [6, 6.07) is 6.42. The summed E-state index contributed by atoms with van der Waals surface area (Å²) in [6.07, 6.45) is 2.06. The Bertz CT molecular complexity index is 1020. The second-order valence-electron chi connectivity index (χ2n) is 9.00. The number of piperidine rings is 1. The number of aromatic amines is 1. The van der Waals surface area contributed by atoms with Crippen molar-refractivity contribution in [2.24, 2.45) is 5.73 Å². The lowest BCUT2D eigenvalue weighted by Crippen LogP contribution is -2.57. The van der Waals surface area contributed by atoms with Crippen molar-refractivity contribution in [3.8, 4) is 0 Å². The maximum Gasteiger partial charge on any atom is 0.274 e. The van der Waals surface area contributed by atoms with Crippen LogP contribution >= 0.6 is 11.6 Å². The van der Waals surface area contributed by atoms with Crippen molar-refractivity contribution >= 4 is 40.2 Å². The van der Waals surface area contributed by atoms with Crippen LogP contribution in [-0.2, 0) is 9.59 Å². The van der Waals surface area contributed by atoms with Gasteiger partial charge < -0.3 is 20.5 Å². The summed E-state index contributed by atoms with van der Waals surface area (Å²) in [4.78, 5) is 47.0. The van der Waals surface area contributed by atoms with Crippen LogP contribution in [0.15, 0.2) is 24.3 Å². The van der Waals surface area contributed by atoms with Crippen LogP contribution in [0.2, 0.25) is 5.02 Å². The normalized spacial score (nSPS) is 19.5. The van der Waals surface area contributed by atoms with E-state index in [-0.39, 0.29) is 18.0 Å². The molecule has 33 heavy (non-hydrogen) atoms. The lowest BCUT2D eigenvalue weighted by atomic mass is 10.0. The van der Waals surface area contributed by atoms with Crippen molar-refractivity contribution in [3.63, 3.8) is 0 Å². The number of carbonyl (C=O) groups is 3. The number of nitrogens with two attached hydrogens (primary N) is 1. The van der Waals surface area contributed by atoms with E-state index in [9.17, 15) is 14.4 Å². The largest absolute Gasteiger partial charge is 0.351 e. The van der Waals surface area contributed by atoms with Gasteiger partial charge in [0.1, 0.15) is 5.69 Å². The number of aromatic nitrogens is 1. The third-order valence-electron chi connectivity index (χ3n) is 6.63. The first-order valence-electron chi connectivity index (χ1n) is 11.4. The van der Waals surface area contributed by atoms with Gasteiger partial charge in [0.05, 0.1) is 12.5 Å². The number of carbonyl (C=O) groups excluding carboxylic acids is 3. The van der Waals surface area contributed by atoms with E-state index < -0.39 is 17.9 Å². The number of hydrogen-bond acceptors (Lipinski definition) is 6. The van der Waals surface area contributed by atoms with Gasteiger partial charge in [-0.1, -0.05) is 11.6 Å². The second-order valence-corrected chi connectivity index (χ2v) is 9.43. The number of fused-ring (bicyclic) bond motifs is 1. The van der Waals surface area contributed by atoms with E-state index >= 15 is 0 Å². The first kappa shape index (κ1) is 23.7. The zero-order valence-electron chi connectivity index (χ0n) is 18.8. The first-order chi connectivity index (χ1) is 15.8. The fourth-order valence-corrected chi connectivity index (χ4v) is 4.84. The van der Waals surface area contributed by atoms with Crippen molar-refractivity contribution in [2.45, 2.75) is 31.3 Å². The van der Waals surface area contributed by atoms with Gasteiger partial charge >= 0.3 is 0 Å². The number of likely N-dealkylation sites (tertiary alicyclic amines) is 1. The number of H-pyrrole nitrogens is 1. The molecule has 2 aliphatic rings. The molecule has 3 heterocycles. The average molecular weight is 475 g/mol. The third kappa shape index (κ3) is 5.73. The summed E-state index contributed by atoms with van der Waals surface area (Å²) < 4.78 is 0. The third-order valence-corrected chi connectivity index (χ3v) is 6.87. The van der Waals surface area contributed by atoms with Gasteiger partial charge in [0, 0.05) is 48.1 Å². The zero-order valence-corrected chi connectivity index (χ0v) is 19.6. The number of benzene rings is 1. The fraction of sp³-hybridized carbons (Fsp3) is 0.522. The Labute approximate surface area is 198 Å². The molecule has 1 aromatic heterocycles. The molecule has 0 unspecified atom stereocenters. The highest BCUT2D eigenvalue weighted by molar-refractivity contribution is 6.31. The summed E-state index contributed by atoms with van der Waals surface area (Å²) in [5, 5.41) is 3.64. The van der Waals surface area contributed by atoms with E-state index in [1.165, 1.54) is 0 Å². The summed E-state index contributed by atoms with van der Waals surface area (Å²) in [7, 11) is 2.15. The molecule has 0 aliphatic carbocycles. The molecular formula is C23H31ClN6O3. The Morgan fingerprint density at radius 2 is 1.82 bits per heavy atom. The molecule has 4 rings (SSSR count). The van der Waals surface area contributed by atoms with Crippen molar-refractivity contribution in [3.05, 3.63) is 35.0 Å². The summed E-state index contributed by atoms with van der Waals surface area (Å²) in [5.41, 5.74) is 7.01. The van der Waals surface area contributed by atoms with Crippen LogP contribution in [0.25, 0.3) is 10.9 Å². The Kier molecular flexibility index (Phi) is 7.33. The fourth-order valence-electron chi connectivity index (χ4n) is 4.66. The zero-order chi connectivity index (χ0) is 23.5. The molecule has 178 valence electrons. The van der Waals surface area contributed by atoms with E-state index in [4.69, 9.17) is 17.3 Å². The summed E-state index contributed by atoms with van der Waals surface area (Å²) >= 11 is 5.97. The second kappa shape index (κ2) is 10.2. The SMILES string of the molecule is CN1CCC(N2CCN(C(=O)[C@H](N)CC(=O)NC(=O)c3cc4cc(Cl)ccc4[nH]3)CC2)CC1. The smallest absolute Gasteiger partial charge is 0.274 e. The molecule has 4 N–H and O–H groups in total. The van der Waals surface area contributed by atoms with Gasteiger partial charge in [0.25, 0.3) is 5.91 Å². The van der Waals surface area contributed by atoms with Gasteiger partial charge in [-0.3, -0.25) is 24.6 Å². The minimum atomic E-state index is -0.978. The van der Waals surface area contributed by atoms with Crippen LogP contribution in [0.4, 0.5) is 0 Å². The molecule has 2 saturated heterocycles. The van der Waals surface area contributed by atoms with Crippen LogP contribution in [0.1, 0.15) is 29.8 Å². The van der Waals surface area contributed by atoms with Gasteiger partial charge in [-0.15, -0.1) is 0 Å². The molecule has 0 saturated carbocycles. The quantitative estimate of drug-likeness (QED) is 0.596. The van der Waals surface area contributed by atoms with Gasteiger partial charge in [-0.05, 0) is 57.2 Å². The van der Waals surface area contributed by atoms with Gasteiger partial charge in [0.15, 0.2) is 0 Å². The van der Waals surface area contributed by atoms with Crippen LogP contribution in [0.5, 0.6) is 0 Å². The molecule has 0 spiro atoms. The average Bonchev–Trinajstić information content (AvgIpc) is 3.22. The topological polar surface area (TPSA) is 115 Å². The van der Waals surface area contributed by atoms with E-state index in [0.717, 1.165) is 49.9 Å². The van der Waals surface area contributed by atoms with Gasteiger partial charge in [-0.25, -0.2) is 0 Å². The molecule has 0 bridgehead atoms. The predicted octanol–water partition coefficient (Wildman–Crippen LogP) is 1.03. The van der Waals surface area contributed by atoms with Crippen LogP contribution in [-0.4, -0.2) is 95.8 Å². The lowest BCUT2D eigenvalue weighted by molar-refractivity contribution is -0.137. The number of piperazine rings is 1. The summed E-state index contributed by atoms with van der Waals surface area (Å²) in [5.74, 6) is -1.40. The number of hydrogen-bond donors (Lipinski definition) is 3. The summed E-state index contributed by atoms with van der Waals surface area (Å²) in [6.45, 7) is 5.07. The van der Waals surface area contributed by atoms with Crippen molar-refractivity contribution < 1.29 is 14.4 Å². The molecular weight excluding hydrogens is 444 g/mol. The Hall–Kier alpha value is -2.46. The number of nitrogens with zero attached hydrogens (tertiary/aromatic N) is 3. The van der Waals surface area contributed by atoms with E-state index in [2.05, 4.69) is 27.1 Å². The Balaban J connectivity index is 1.24. The highest BCUT2D eigenvalue weighted by Crippen LogP contribution is 2.20. The first-order valence-corrected chi connectivity index (χ1v) is 11.8. The standard InChI is InChI=1S/C23H31ClN6O3/c1-28-6-4-17(5-7-28)29-8-10-30(11-9-29)23(33)18(25)14-21(31)27-22(32)20-13-15-12-16(24)2-3-19(15)26-20/h2-3,12-13,17-18,26H,4-11,14,25H2,1H3,(H,27,31,32)/t18-/m1/s1. The number of imide groups is 1. The molecule has 2 fully saturated rings. The minimum absolute atomic E-state index is 0.241. The van der Waals surface area contributed by atoms with Crippen molar-refractivity contribution in [2.75, 3.05) is 46.3 Å². The molecule has 1 atom stereocenters. The van der Waals surface area contributed by atoms with Crippen LogP contribution < -0.4 is 11.1 Å². The lowest BCUT2D eigenvalue weighted by Gasteiger charge is -2.42. The van der Waals surface area contributed by atoms with Crippen LogP contribution in [0.3, 0.4) is 0 Å². The maximum atomic E-state index is 12.8. The van der Waals surface area contributed by atoms with Crippen molar-refractivity contribution in [1.82, 2.24) is 25.0 Å². The van der Waals surface area contributed by atoms with Gasteiger partial charge in [0.2, 0.25) is 11.8 Å². The number of rotatable bonds is 5. The molecule has 9 nitrogen and oxygen atoms in total. The maximum absolute atomic E-state index is 12.8. The highest BCUT2D eigenvalue weighted by Gasteiger charge is 2.30. The monoisotopic (exact) mass is 474 g/mol.